The van der Waals surface area contributed by atoms with Gasteiger partial charge in [-0.3, -0.25) is 9.98 Å². The molecule has 4 heterocycles. The summed E-state index contributed by atoms with van der Waals surface area (Å²) in [5.41, 5.74) is 20.9. The van der Waals surface area contributed by atoms with Crippen LogP contribution in [0.15, 0.2) is 43.7 Å². The van der Waals surface area contributed by atoms with E-state index in [1.165, 1.54) is 97.3 Å². The Bertz CT molecular complexity index is 1470. The van der Waals surface area contributed by atoms with E-state index in [2.05, 4.69) is 77.5 Å². The van der Waals surface area contributed by atoms with Crippen LogP contribution in [-0.4, -0.2) is 21.4 Å². The standard InChI is InChI=1S/C34H44N4/c1-9-24-20(5)29(36-23(24)8)16-32-26(11-3)21(6)30(37-32)17-33-27-14-12-13-15-28(27)34(38-33)18-31-25(10-2)19(4)22(7)35-31/h16,18,35-36H,9-15,17H2,1-8H3/b32-16-,34-18-. The zero-order valence-corrected chi connectivity index (χ0v) is 24.7. The summed E-state index contributed by atoms with van der Waals surface area (Å²) >= 11 is 0. The van der Waals surface area contributed by atoms with E-state index < -0.39 is 0 Å². The molecule has 2 aromatic heterocycles. The maximum Gasteiger partial charge on any atom is 0.0689 e. The van der Waals surface area contributed by atoms with Gasteiger partial charge in [-0.1, -0.05) is 20.8 Å². The van der Waals surface area contributed by atoms with Crippen LogP contribution in [-0.2, 0) is 12.8 Å². The molecule has 2 N–H and O–H groups in total. The van der Waals surface area contributed by atoms with Crippen LogP contribution in [0.5, 0.6) is 0 Å². The average Bonchev–Trinajstić information content (AvgIpc) is 3.57. The molecule has 2 aromatic rings. The summed E-state index contributed by atoms with van der Waals surface area (Å²) in [5, 5.41) is 0. The minimum atomic E-state index is 0.815. The molecule has 5 rings (SSSR count). The maximum absolute atomic E-state index is 5.29. The third-order valence-electron chi connectivity index (χ3n) is 9.08. The molecule has 0 aromatic carbocycles. The highest BCUT2D eigenvalue weighted by Gasteiger charge is 2.29. The molecule has 4 nitrogen and oxygen atoms in total. The van der Waals surface area contributed by atoms with Gasteiger partial charge < -0.3 is 9.97 Å². The first-order valence-electron chi connectivity index (χ1n) is 14.6. The van der Waals surface area contributed by atoms with E-state index in [4.69, 9.17) is 9.98 Å². The van der Waals surface area contributed by atoms with Crippen molar-refractivity contribution in [2.24, 2.45) is 9.98 Å². The van der Waals surface area contributed by atoms with Gasteiger partial charge >= 0.3 is 0 Å². The Balaban J connectivity index is 1.51. The zero-order chi connectivity index (χ0) is 27.1. The van der Waals surface area contributed by atoms with E-state index in [0.29, 0.717) is 0 Å². The second-order valence-corrected chi connectivity index (χ2v) is 11.2. The number of rotatable bonds is 7. The molecule has 0 radical (unpaired) electrons. The molecule has 0 saturated carbocycles. The largest absolute Gasteiger partial charge is 0.359 e. The van der Waals surface area contributed by atoms with Gasteiger partial charge in [-0.2, -0.15) is 0 Å². The first-order chi connectivity index (χ1) is 18.3. The minimum absolute atomic E-state index is 0.815. The molecule has 1 aliphatic carbocycles. The fourth-order valence-corrected chi connectivity index (χ4v) is 6.75. The normalized spacial score (nSPS) is 19.8. The van der Waals surface area contributed by atoms with Crippen molar-refractivity contribution in [1.29, 1.82) is 0 Å². The minimum Gasteiger partial charge on any atom is -0.359 e. The molecule has 0 atom stereocenters. The van der Waals surface area contributed by atoms with Crippen LogP contribution >= 0.6 is 0 Å². The molecule has 0 unspecified atom stereocenters. The predicted octanol–water partition coefficient (Wildman–Crippen LogP) is 8.98. The number of aromatic nitrogens is 2. The monoisotopic (exact) mass is 508 g/mol. The van der Waals surface area contributed by atoms with E-state index in [9.17, 15) is 0 Å². The summed E-state index contributed by atoms with van der Waals surface area (Å²) < 4.78 is 0. The Morgan fingerprint density at radius 1 is 0.658 bits per heavy atom. The van der Waals surface area contributed by atoms with E-state index >= 15 is 0 Å². The number of nitrogens with one attached hydrogen (secondary N) is 2. The van der Waals surface area contributed by atoms with Crippen LogP contribution < -0.4 is 0 Å². The number of hydrogen-bond donors (Lipinski definition) is 2. The van der Waals surface area contributed by atoms with Gasteiger partial charge in [-0.25, -0.2) is 0 Å². The molecule has 0 bridgehead atoms. The van der Waals surface area contributed by atoms with Crippen LogP contribution in [0.25, 0.3) is 12.2 Å². The van der Waals surface area contributed by atoms with Crippen molar-refractivity contribution in [3.8, 4) is 0 Å². The van der Waals surface area contributed by atoms with Gasteiger partial charge in [-0.15, -0.1) is 0 Å². The Labute approximate surface area is 228 Å². The van der Waals surface area contributed by atoms with Gasteiger partial charge in [-0.05, 0) is 136 Å². The summed E-state index contributed by atoms with van der Waals surface area (Å²) in [5.74, 6) is 0. The van der Waals surface area contributed by atoms with Gasteiger partial charge in [0.25, 0.3) is 0 Å². The molecule has 0 fully saturated rings. The van der Waals surface area contributed by atoms with Crippen LogP contribution in [0.3, 0.4) is 0 Å². The molecule has 38 heavy (non-hydrogen) atoms. The quantitative estimate of drug-likeness (QED) is 0.375. The highest BCUT2D eigenvalue weighted by molar-refractivity contribution is 6.21. The van der Waals surface area contributed by atoms with Gasteiger partial charge in [0.15, 0.2) is 0 Å². The molecule has 4 heteroatoms. The summed E-state index contributed by atoms with van der Waals surface area (Å²) in [6, 6.07) is 0. The van der Waals surface area contributed by atoms with Gasteiger partial charge in [0.05, 0.1) is 22.8 Å². The third-order valence-corrected chi connectivity index (χ3v) is 9.08. The van der Waals surface area contributed by atoms with E-state index in [-0.39, 0.29) is 0 Å². The molecule has 0 amide bonds. The molecule has 2 aliphatic heterocycles. The first-order valence-corrected chi connectivity index (χ1v) is 14.6. The van der Waals surface area contributed by atoms with Crippen LogP contribution in [0.4, 0.5) is 0 Å². The third kappa shape index (κ3) is 4.52. The molecule has 0 saturated heterocycles. The van der Waals surface area contributed by atoms with Crippen molar-refractivity contribution < 1.29 is 0 Å². The summed E-state index contributed by atoms with van der Waals surface area (Å²) in [6.45, 7) is 17.8. The van der Waals surface area contributed by atoms with E-state index in [1.807, 2.05) is 0 Å². The van der Waals surface area contributed by atoms with Crippen LogP contribution in [0.2, 0.25) is 0 Å². The van der Waals surface area contributed by atoms with Gasteiger partial charge in [0.1, 0.15) is 0 Å². The lowest BCUT2D eigenvalue weighted by Crippen LogP contribution is -2.11. The lowest BCUT2D eigenvalue weighted by molar-refractivity contribution is 0.698. The molecule has 200 valence electrons. The summed E-state index contributed by atoms with van der Waals surface area (Å²) in [4.78, 5) is 17.8. The second-order valence-electron chi connectivity index (χ2n) is 11.2. The van der Waals surface area contributed by atoms with Crippen molar-refractivity contribution in [3.05, 3.63) is 78.7 Å². The van der Waals surface area contributed by atoms with Crippen molar-refractivity contribution in [2.75, 3.05) is 0 Å². The number of aryl methyl sites for hydroxylation is 2. The number of aromatic amines is 2. The number of aliphatic imine (C=N–C) groups is 2. The summed E-state index contributed by atoms with van der Waals surface area (Å²) in [7, 11) is 0. The van der Waals surface area contributed by atoms with E-state index in [1.54, 1.807) is 0 Å². The first kappa shape index (κ1) is 26.5. The number of allylic oxidation sites excluding steroid dienone is 4. The van der Waals surface area contributed by atoms with Crippen molar-refractivity contribution in [1.82, 2.24) is 9.97 Å². The Morgan fingerprint density at radius 3 is 1.95 bits per heavy atom. The average molecular weight is 509 g/mol. The zero-order valence-electron chi connectivity index (χ0n) is 24.7. The topological polar surface area (TPSA) is 56.3 Å². The number of H-pyrrole nitrogens is 2. The highest BCUT2D eigenvalue weighted by atomic mass is 14.9. The lowest BCUT2D eigenvalue weighted by Gasteiger charge is -2.15. The molecule has 0 spiro atoms. The Morgan fingerprint density at radius 2 is 1.29 bits per heavy atom. The van der Waals surface area contributed by atoms with Crippen LogP contribution in [0.1, 0.15) is 111 Å². The molecule has 3 aliphatic rings. The number of hydrogen-bond acceptors (Lipinski definition) is 2. The highest BCUT2D eigenvalue weighted by Crippen LogP contribution is 2.40. The van der Waals surface area contributed by atoms with E-state index in [0.717, 1.165) is 44.2 Å². The van der Waals surface area contributed by atoms with Crippen LogP contribution in [0, 0.1) is 27.7 Å². The molecular formula is C34H44N4. The predicted molar refractivity (Wildman–Crippen MR) is 163 cm³/mol. The SMILES string of the molecule is CCC1=C(C)C(CC2=N/C(=C\c3[nH]c(C)c(C)c3CC)C3=C2CCCC3)=N/C1=C\c1[nH]c(C)c(CC)c1C. The van der Waals surface area contributed by atoms with Crippen molar-refractivity contribution in [2.45, 2.75) is 107 Å². The molecular weight excluding hydrogens is 464 g/mol. The lowest BCUT2D eigenvalue weighted by atomic mass is 9.87. The van der Waals surface area contributed by atoms with Gasteiger partial charge in [0, 0.05) is 29.2 Å². The maximum atomic E-state index is 5.29. The Kier molecular flexibility index (Phi) is 7.35. The fraction of sp³-hybridized carbons (Fsp3) is 0.471. The second kappa shape index (κ2) is 10.6. The van der Waals surface area contributed by atoms with Crippen molar-refractivity contribution in [3.63, 3.8) is 0 Å². The Hall–Kier alpha value is -3.14. The number of nitrogens with zero attached hydrogens (tertiary/aromatic N) is 2. The smallest absolute Gasteiger partial charge is 0.0689 e. The van der Waals surface area contributed by atoms with Crippen molar-refractivity contribution >= 4 is 23.6 Å². The summed E-state index contributed by atoms with van der Waals surface area (Å²) in [6.07, 6.45) is 13.2. The van der Waals surface area contributed by atoms with Gasteiger partial charge in [0.2, 0.25) is 0 Å². The fourth-order valence-electron chi connectivity index (χ4n) is 6.75.